The first kappa shape index (κ1) is 33.0. The van der Waals surface area contributed by atoms with E-state index in [0.717, 1.165) is 57.8 Å². The Kier molecular flexibility index (Phi) is 9.18. The fourth-order valence-electron chi connectivity index (χ4n) is 6.40. The zero-order chi connectivity index (χ0) is 35.5. The van der Waals surface area contributed by atoms with Gasteiger partial charge >= 0.3 is 0 Å². The van der Waals surface area contributed by atoms with E-state index in [1.807, 2.05) is 35.4 Å². The number of benzene rings is 2. The summed E-state index contributed by atoms with van der Waals surface area (Å²) in [5.41, 5.74) is 5.44. The lowest BCUT2D eigenvalue weighted by Gasteiger charge is -2.28. The number of hydrogen-bond acceptors (Lipinski definition) is 8. The molecule has 6 aromatic rings. The third kappa shape index (κ3) is 6.49. The topological polar surface area (TPSA) is 145 Å². The van der Waals surface area contributed by atoms with Crippen LogP contribution in [0.2, 0.25) is 0 Å². The van der Waals surface area contributed by atoms with E-state index in [2.05, 4.69) is 44.7 Å². The molecule has 1 aliphatic rings. The Morgan fingerprint density at radius 1 is 1.02 bits per heavy atom. The van der Waals surface area contributed by atoms with E-state index in [4.69, 9.17) is 9.97 Å². The Balaban J connectivity index is 0.00000464. The minimum atomic E-state index is -0.319. The van der Waals surface area contributed by atoms with Crippen molar-refractivity contribution in [3.05, 3.63) is 106 Å². The SMILES string of the molecule is CCc1nc(-c2cccc3cc(-c4ccc(C(=O)NCCC#Cc5cccc6c(=O)n(CC=O)cnc56)nc4)ncc23)c2n1CCN(C(C)=O)C2.[HH]. The Morgan fingerprint density at radius 2 is 1.88 bits per heavy atom. The van der Waals surface area contributed by atoms with E-state index < -0.39 is 0 Å². The van der Waals surface area contributed by atoms with Gasteiger partial charge in [-0.05, 0) is 35.7 Å². The summed E-state index contributed by atoms with van der Waals surface area (Å²) in [6.07, 6.45) is 6.66. The van der Waals surface area contributed by atoms with Gasteiger partial charge in [0, 0.05) is 69.7 Å². The predicted molar refractivity (Wildman–Crippen MR) is 195 cm³/mol. The van der Waals surface area contributed by atoms with Crippen LogP contribution in [0.4, 0.5) is 0 Å². The number of hydrogen-bond donors (Lipinski definition) is 1. The minimum absolute atomic E-state index is 0. The molecule has 12 nitrogen and oxygen atoms in total. The van der Waals surface area contributed by atoms with Gasteiger partial charge < -0.3 is 19.6 Å². The maximum absolute atomic E-state index is 12.8. The van der Waals surface area contributed by atoms with Crippen molar-refractivity contribution in [3.8, 4) is 34.4 Å². The van der Waals surface area contributed by atoms with E-state index in [-0.39, 0.29) is 31.0 Å². The molecular weight excluding hydrogens is 644 g/mol. The van der Waals surface area contributed by atoms with Gasteiger partial charge in [0.15, 0.2) is 0 Å². The first-order valence-corrected chi connectivity index (χ1v) is 16.7. The molecule has 0 aliphatic carbocycles. The number of carbonyl (C=O) groups excluding carboxylic acids is 3. The first-order chi connectivity index (χ1) is 24.9. The van der Waals surface area contributed by atoms with Gasteiger partial charge in [-0.2, -0.15) is 0 Å². The molecule has 0 spiro atoms. The van der Waals surface area contributed by atoms with Crippen LogP contribution in [0.5, 0.6) is 0 Å². The van der Waals surface area contributed by atoms with Gasteiger partial charge in [0.1, 0.15) is 17.8 Å². The molecule has 4 aromatic heterocycles. The number of aldehydes is 1. The lowest BCUT2D eigenvalue weighted by atomic mass is 10.0. The molecule has 0 bridgehead atoms. The molecule has 256 valence electrons. The van der Waals surface area contributed by atoms with Crippen molar-refractivity contribution in [2.45, 2.75) is 46.3 Å². The van der Waals surface area contributed by atoms with Crippen molar-refractivity contribution in [2.75, 3.05) is 13.1 Å². The highest BCUT2D eigenvalue weighted by molar-refractivity contribution is 5.97. The fourth-order valence-corrected chi connectivity index (χ4v) is 6.40. The fraction of sp³-hybridized carbons (Fsp3) is 0.231. The second-order valence-electron chi connectivity index (χ2n) is 12.2. The van der Waals surface area contributed by atoms with Crippen LogP contribution in [-0.4, -0.2) is 65.2 Å². The normalized spacial score (nSPS) is 12.3. The highest BCUT2D eigenvalue weighted by Crippen LogP contribution is 2.34. The van der Waals surface area contributed by atoms with Gasteiger partial charge in [-0.25, -0.2) is 9.97 Å². The van der Waals surface area contributed by atoms with Crippen molar-refractivity contribution in [1.29, 1.82) is 0 Å². The number of imidazole rings is 1. The van der Waals surface area contributed by atoms with Crippen molar-refractivity contribution in [1.82, 2.24) is 39.3 Å². The van der Waals surface area contributed by atoms with E-state index >= 15 is 0 Å². The van der Waals surface area contributed by atoms with Crippen molar-refractivity contribution < 1.29 is 15.8 Å². The van der Waals surface area contributed by atoms with Crippen LogP contribution in [0.15, 0.2) is 78.1 Å². The zero-order valence-corrected chi connectivity index (χ0v) is 28.2. The van der Waals surface area contributed by atoms with Crippen LogP contribution in [0.25, 0.3) is 44.2 Å². The molecule has 0 fully saturated rings. The average molecular weight is 681 g/mol. The summed E-state index contributed by atoms with van der Waals surface area (Å²) >= 11 is 0. The Bertz CT molecular complexity index is 2460. The summed E-state index contributed by atoms with van der Waals surface area (Å²) in [6, 6.07) is 16.8. The number of para-hydroxylation sites is 1. The van der Waals surface area contributed by atoms with Crippen LogP contribution in [-0.2, 0) is 35.6 Å². The number of amides is 2. The minimum Gasteiger partial charge on any atom is -0.350 e. The maximum atomic E-state index is 12.8. The third-order valence-corrected chi connectivity index (χ3v) is 9.04. The molecular formula is C39H36N8O4. The van der Waals surface area contributed by atoms with Crippen LogP contribution < -0.4 is 10.9 Å². The second kappa shape index (κ2) is 14.2. The number of aromatic nitrogens is 6. The monoisotopic (exact) mass is 680 g/mol. The number of aryl methyl sites for hydroxylation is 1. The van der Waals surface area contributed by atoms with Crippen molar-refractivity contribution >= 4 is 39.8 Å². The van der Waals surface area contributed by atoms with Gasteiger partial charge in [-0.3, -0.25) is 28.9 Å². The van der Waals surface area contributed by atoms with Crippen molar-refractivity contribution in [2.24, 2.45) is 0 Å². The molecule has 0 saturated carbocycles. The Morgan fingerprint density at radius 3 is 2.67 bits per heavy atom. The summed E-state index contributed by atoms with van der Waals surface area (Å²) < 4.78 is 3.49. The molecule has 1 N–H and O–H groups in total. The summed E-state index contributed by atoms with van der Waals surface area (Å²) in [5.74, 6) is 6.81. The molecule has 0 atom stereocenters. The highest BCUT2D eigenvalue weighted by atomic mass is 16.2. The number of fused-ring (bicyclic) bond motifs is 3. The van der Waals surface area contributed by atoms with Crippen molar-refractivity contribution in [3.63, 3.8) is 0 Å². The maximum Gasteiger partial charge on any atom is 0.269 e. The van der Waals surface area contributed by atoms with E-state index in [9.17, 15) is 19.2 Å². The highest BCUT2D eigenvalue weighted by Gasteiger charge is 2.26. The lowest BCUT2D eigenvalue weighted by molar-refractivity contribution is -0.130. The van der Waals surface area contributed by atoms with Crippen LogP contribution in [0.1, 0.15) is 49.3 Å². The summed E-state index contributed by atoms with van der Waals surface area (Å²) in [4.78, 5) is 68.8. The molecule has 0 saturated heterocycles. The predicted octanol–water partition coefficient (Wildman–Crippen LogP) is 4.41. The summed E-state index contributed by atoms with van der Waals surface area (Å²) in [7, 11) is 0. The quantitative estimate of drug-likeness (QED) is 0.141. The van der Waals surface area contributed by atoms with Gasteiger partial charge in [-0.1, -0.05) is 43.0 Å². The van der Waals surface area contributed by atoms with Gasteiger partial charge in [0.25, 0.3) is 11.5 Å². The number of nitrogens with one attached hydrogen (secondary N) is 1. The van der Waals surface area contributed by atoms with Crippen LogP contribution in [0, 0.1) is 11.8 Å². The van der Waals surface area contributed by atoms with E-state index in [1.165, 1.54) is 10.9 Å². The number of rotatable bonds is 8. The number of pyridine rings is 2. The molecule has 12 heteroatoms. The standard InChI is InChI=1S/C39H34N8O4.H2/c1-3-35-44-37(34-23-45(25(2)49)16-17-47(34)35)29-11-7-10-27-20-33(42-22-31(27)29)28-13-14-32(41-21-28)38(50)40-15-5-4-8-26-9-6-12-30-36(26)43-24-46(18-19-48)39(30)51;/h6-7,9-14,19-22,24H,3,5,15-18,23H2,1-2H3,(H,40,50);1H. The van der Waals surface area contributed by atoms with Crippen LogP contribution in [0.3, 0.4) is 0 Å². The third-order valence-electron chi connectivity index (χ3n) is 9.04. The molecule has 1 aliphatic heterocycles. The lowest BCUT2D eigenvalue weighted by Crippen LogP contribution is -2.37. The summed E-state index contributed by atoms with van der Waals surface area (Å²) in [5, 5.41) is 5.19. The Labute approximate surface area is 294 Å². The largest absolute Gasteiger partial charge is 0.350 e. The molecule has 0 radical (unpaired) electrons. The van der Waals surface area contributed by atoms with E-state index in [0.29, 0.717) is 48.8 Å². The Hall–Kier alpha value is -6.48. The smallest absolute Gasteiger partial charge is 0.269 e. The van der Waals surface area contributed by atoms with Gasteiger partial charge in [0.2, 0.25) is 5.91 Å². The number of nitrogens with zero attached hydrogens (tertiary/aromatic N) is 7. The molecule has 51 heavy (non-hydrogen) atoms. The summed E-state index contributed by atoms with van der Waals surface area (Å²) in [6.45, 7) is 5.88. The molecule has 5 heterocycles. The van der Waals surface area contributed by atoms with E-state index in [1.54, 1.807) is 37.4 Å². The average Bonchev–Trinajstić information content (AvgIpc) is 3.53. The van der Waals surface area contributed by atoms with Crippen LogP contribution >= 0.6 is 0 Å². The van der Waals surface area contributed by atoms with Gasteiger partial charge in [-0.15, -0.1) is 0 Å². The molecule has 2 amide bonds. The molecule has 0 unspecified atom stereocenters. The number of carbonyl (C=O) groups is 3. The first-order valence-electron chi connectivity index (χ1n) is 16.7. The molecule has 2 aromatic carbocycles. The zero-order valence-electron chi connectivity index (χ0n) is 28.2. The molecule has 7 rings (SSSR count). The van der Waals surface area contributed by atoms with Gasteiger partial charge in [0.05, 0.1) is 53.0 Å². The second-order valence-corrected chi connectivity index (χ2v) is 12.2.